The van der Waals surface area contributed by atoms with Crippen LogP contribution >= 0.6 is 11.6 Å². The predicted molar refractivity (Wildman–Crippen MR) is 82.5 cm³/mol. The molecule has 1 unspecified atom stereocenters. The van der Waals surface area contributed by atoms with Gasteiger partial charge in [0.2, 0.25) is 0 Å². The molecule has 1 fully saturated rings. The largest absolute Gasteiger partial charge is 0.378 e. The summed E-state index contributed by atoms with van der Waals surface area (Å²) in [6.07, 6.45) is 4.69. The first-order valence-electron chi connectivity index (χ1n) is 7.42. The zero-order chi connectivity index (χ0) is 13.9. The molecule has 1 aliphatic heterocycles. The molecule has 4 heteroatoms. The molecule has 3 nitrogen and oxygen atoms in total. The Balaban J connectivity index is 1.90. The quantitative estimate of drug-likeness (QED) is 0.786. The van der Waals surface area contributed by atoms with Crippen LogP contribution in [0.1, 0.15) is 30.7 Å². The van der Waals surface area contributed by atoms with Crippen LogP contribution in [0.3, 0.4) is 0 Å². The van der Waals surface area contributed by atoms with Gasteiger partial charge in [0.25, 0.3) is 0 Å². The van der Waals surface area contributed by atoms with Gasteiger partial charge in [-0.2, -0.15) is 0 Å². The van der Waals surface area contributed by atoms with E-state index < -0.39 is 0 Å². The maximum Gasteiger partial charge on any atom is 0.111 e. The van der Waals surface area contributed by atoms with Crippen molar-refractivity contribution < 1.29 is 4.74 Å². The maximum atomic E-state index is 5.92. The van der Waals surface area contributed by atoms with Gasteiger partial charge < -0.3 is 9.30 Å². The number of benzene rings is 1. The van der Waals surface area contributed by atoms with Crippen molar-refractivity contribution in [3.8, 4) is 0 Å². The molecule has 0 spiro atoms. The van der Waals surface area contributed by atoms with Crippen molar-refractivity contribution in [2.24, 2.45) is 0 Å². The zero-order valence-electron chi connectivity index (χ0n) is 11.9. The Hall–Kier alpha value is -1.06. The second-order valence-corrected chi connectivity index (χ2v) is 5.86. The van der Waals surface area contributed by atoms with E-state index in [9.17, 15) is 0 Å². The van der Waals surface area contributed by atoms with Gasteiger partial charge in [0, 0.05) is 25.5 Å². The number of aryl methyl sites for hydroxylation is 3. The smallest absolute Gasteiger partial charge is 0.111 e. The Morgan fingerprint density at radius 1 is 1.45 bits per heavy atom. The number of nitrogens with zero attached hydrogens (tertiary/aromatic N) is 2. The number of halogens is 1. The summed E-state index contributed by atoms with van der Waals surface area (Å²) in [5.41, 5.74) is 3.62. The summed E-state index contributed by atoms with van der Waals surface area (Å²) in [6, 6.07) is 6.30. The van der Waals surface area contributed by atoms with Gasteiger partial charge in [-0.05, 0) is 37.8 Å². The molecule has 0 amide bonds. The van der Waals surface area contributed by atoms with Crippen molar-refractivity contribution in [3.05, 3.63) is 29.6 Å². The second-order valence-electron chi connectivity index (χ2n) is 5.48. The van der Waals surface area contributed by atoms with Crippen LogP contribution in [0.25, 0.3) is 11.0 Å². The van der Waals surface area contributed by atoms with Gasteiger partial charge in [0.05, 0.1) is 17.1 Å². The van der Waals surface area contributed by atoms with Gasteiger partial charge in [0.15, 0.2) is 0 Å². The molecule has 20 heavy (non-hydrogen) atoms. The van der Waals surface area contributed by atoms with E-state index in [2.05, 4.69) is 29.7 Å². The number of hydrogen-bond donors (Lipinski definition) is 0. The number of alkyl halides is 1. The molecule has 0 radical (unpaired) electrons. The van der Waals surface area contributed by atoms with Crippen LogP contribution < -0.4 is 0 Å². The zero-order valence-corrected chi connectivity index (χ0v) is 12.7. The molecule has 1 saturated heterocycles. The van der Waals surface area contributed by atoms with Crippen molar-refractivity contribution in [1.82, 2.24) is 9.55 Å². The van der Waals surface area contributed by atoms with E-state index in [1.54, 1.807) is 0 Å². The Labute approximate surface area is 124 Å². The summed E-state index contributed by atoms with van der Waals surface area (Å²) in [6.45, 7) is 4.04. The summed E-state index contributed by atoms with van der Waals surface area (Å²) in [7, 11) is 0. The van der Waals surface area contributed by atoms with E-state index in [-0.39, 0.29) is 0 Å². The van der Waals surface area contributed by atoms with Crippen LogP contribution in [0.2, 0.25) is 0 Å². The van der Waals surface area contributed by atoms with Gasteiger partial charge in [-0.15, -0.1) is 11.6 Å². The van der Waals surface area contributed by atoms with Crippen LogP contribution in [-0.4, -0.2) is 28.1 Å². The second kappa shape index (κ2) is 6.15. The first kappa shape index (κ1) is 13.9. The Bertz CT molecular complexity index is 587. The number of aromatic nitrogens is 2. The summed E-state index contributed by atoms with van der Waals surface area (Å²) in [5, 5.41) is 0. The van der Waals surface area contributed by atoms with Crippen LogP contribution in [0.5, 0.6) is 0 Å². The molecular formula is C16H21ClN2O. The summed E-state index contributed by atoms with van der Waals surface area (Å²) >= 11 is 5.92. The van der Waals surface area contributed by atoms with Crippen LogP contribution in [0.4, 0.5) is 0 Å². The highest BCUT2D eigenvalue weighted by molar-refractivity contribution is 6.17. The van der Waals surface area contributed by atoms with Crippen molar-refractivity contribution in [3.63, 3.8) is 0 Å². The van der Waals surface area contributed by atoms with E-state index in [1.165, 1.54) is 23.9 Å². The van der Waals surface area contributed by atoms with Crippen molar-refractivity contribution in [2.45, 2.75) is 45.3 Å². The van der Waals surface area contributed by atoms with Gasteiger partial charge in [-0.1, -0.05) is 12.1 Å². The molecule has 1 atom stereocenters. The maximum absolute atomic E-state index is 5.92. The monoisotopic (exact) mass is 292 g/mol. The molecular weight excluding hydrogens is 272 g/mol. The number of para-hydroxylation sites is 1. The summed E-state index contributed by atoms with van der Waals surface area (Å²) in [4.78, 5) is 4.75. The SMILES string of the molecule is Cc1cccc2nc(CCCl)n(CCC3CCCO3)c12. The lowest BCUT2D eigenvalue weighted by Gasteiger charge is -2.13. The normalized spacial score (nSPS) is 19.0. The van der Waals surface area contributed by atoms with Gasteiger partial charge in [-0.25, -0.2) is 4.98 Å². The van der Waals surface area contributed by atoms with Crippen LogP contribution in [0.15, 0.2) is 18.2 Å². The molecule has 0 saturated carbocycles. The highest BCUT2D eigenvalue weighted by atomic mass is 35.5. The number of rotatable bonds is 5. The molecule has 0 N–H and O–H groups in total. The molecule has 0 bridgehead atoms. The predicted octanol–water partition coefficient (Wildman–Crippen LogP) is 3.70. The molecule has 1 aromatic carbocycles. The number of hydrogen-bond acceptors (Lipinski definition) is 2. The van der Waals surface area contributed by atoms with Crippen molar-refractivity contribution in [2.75, 3.05) is 12.5 Å². The first-order valence-corrected chi connectivity index (χ1v) is 7.95. The average molecular weight is 293 g/mol. The van der Waals surface area contributed by atoms with E-state index in [1.807, 2.05) is 0 Å². The van der Waals surface area contributed by atoms with Gasteiger partial charge in [-0.3, -0.25) is 0 Å². The third-order valence-corrected chi connectivity index (χ3v) is 4.25. The molecule has 1 aromatic heterocycles. The van der Waals surface area contributed by atoms with Crippen LogP contribution in [0, 0.1) is 6.92 Å². The lowest BCUT2D eigenvalue weighted by molar-refractivity contribution is 0.100. The topological polar surface area (TPSA) is 27.1 Å². The third-order valence-electron chi connectivity index (χ3n) is 4.06. The number of ether oxygens (including phenoxy) is 1. The minimum atomic E-state index is 0.417. The Kier molecular flexibility index (Phi) is 4.27. The Morgan fingerprint density at radius 2 is 2.35 bits per heavy atom. The molecule has 0 aliphatic carbocycles. The number of fused-ring (bicyclic) bond motifs is 1. The summed E-state index contributed by atoms with van der Waals surface area (Å²) < 4.78 is 8.08. The van der Waals surface area contributed by atoms with E-state index in [0.29, 0.717) is 12.0 Å². The molecule has 108 valence electrons. The molecule has 3 rings (SSSR count). The van der Waals surface area contributed by atoms with Crippen molar-refractivity contribution in [1.29, 1.82) is 0 Å². The van der Waals surface area contributed by atoms with Gasteiger partial charge in [0.1, 0.15) is 5.82 Å². The lowest BCUT2D eigenvalue weighted by Crippen LogP contribution is -2.12. The Morgan fingerprint density at radius 3 is 3.10 bits per heavy atom. The minimum absolute atomic E-state index is 0.417. The molecule has 1 aliphatic rings. The molecule has 2 aromatic rings. The van der Waals surface area contributed by atoms with Crippen LogP contribution in [-0.2, 0) is 17.7 Å². The van der Waals surface area contributed by atoms with E-state index in [0.717, 1.165) is 37.3 Å². The third kappa shape index (κ3) is 2.70. The molecule has 2 heterocycles. The fourth-order valence-corrected chi connectivity index (χ4v) is 3.24. The fraction of sp³-hybridized carbons (Fsp3) is 0.562. The minimum Gasteiger partial charge on any atom is -0.378 e. The van der Waals surface area contributed by atoms with Crippen molar-refractivity contribution >= 4 is 22.6 Å². The van der Waals surface area contributed by atoms with Gasteiger partial charge >= 0.3 is 0 Å². The summed E-state index contributed by atoms with van der Waals surface area (Å²) in [5.74, 6) is 1.71. The van der Waals surface area contributed by atoms with E-state index >= 15 is 0 Å². The average Bonchev–Trinajstić information content (AvgIpc) is 3.05. The number of imidazole rings is 1. The first-order chi connectivity index (χ1) is 9.79. The fourth-order valence-electron chi connectivity index (χ4n) is 3.07. The highest BCUT2D eigenvalue weighted by Crippen LogP contribution is 2.23. The highest BCUT2D eigenvalue weighted by Gasteiger charge is 2.18. The standard InChI is InChI=1S/C16H21ClN2O/c1-12-4-2-6-14-16(12)19(15(18-14)7-9-17)10-8-13-5-3-11-20-13/h2,4,6,13H,3,5,7-11H2,1H3. The van der Waals surface area contributed by atoms with E-state index in [4.69, 9.17) is 21.3 Å². The lowest BCUT2D eigenvalue weighted by atomic mass is 10.1.